The van der Waals surface area contributed by atoms with E-state index in [9.17, 15) is 4.39 Å². The Morgan fingerprint density at radius 2 is 1.93 bits per heavy atom. The predicted octanol–water partition coefficient (Wildman–Crippen LogP) is 3.53. The van der Waals surface area contributed by atoms with Gasteiger partial charge in [-0.2, -0.15) is 0 Å². The average Bonchev–Trinajstić information content (AvgIpc) is 2.64. The Morgan fingerprint density at radius 3 is 2.59 bits per heavy atom. The lowest BCUT2D eigenvalue weighted by Gasteiger charge is -2.29. The number of aliphatic imine (C=N–C) groups is 1. The molecule has 0 aliphatic carbocycles. The van der Waals surface area contributed by atoms with Gasteiger partial charge in [0.05, 0.1) is 13.2 Å². The molecule has 0 aromatic heterocycles. The predicted molar refractivity (Wildman–Crippen MR) is 127 cm³/mol. The van der Waals surface area contributed by atoms with Gasteiger partial charge in [-0.05, 0) is 58.7 Å². The third-order valence-electron chi connectivity index (χ3n) is 4.74. The van der Waals surface area contributed by atoms with Crippen molar-refractivity contribution in [1.82, 2.24) is 15.5 Å². The number of ether oxygens (including phenoxy) is 2. The molecule has 166 valence electrons. The highest BCUT2D eigenvalue weighted by Gasteiger charge is 2.17. The van der Waals surface area contributed by atoms with E-state index in [1.165, 1.54) is 6.07 Å². The number of rotatable bonds is 9. The molecule has 0 saturated carbocycles. The zero-order valence-electron chi connectivity index (χ0n) is 18.3. The van der Waals surface area contributed by atoms with Crippen LogP contribution in [0.2, 0.25) is 0 Å². The van der Waals surface area contributed by atoms with Crippen molar-refractivity contribution in [2.24, 2.45) is 4.99 Å². The van der Waals surface area contributed by atoms with Crippen molar-refractivity contribution in [2.75, 3.05) is 33.0 Å². The van der Waals surface area contributed by atoms with E-state index in [1.807, 2.05) is 6.92 Å². The van der Waals surface area contributed by atoms with Gasteiger partial charge in [-0.3, -0.25) is 9.89 Å². The van der Waals surface area contributed by atoms with Crippen LogP contribution in [-0.2, 0) is 17.8 Å². The normalized spacial score (nSPS) is 13.9. The van der Waals surface area contributed by atoms with Crippen LogP contribution in [0, 0.1) is 5.82 Å². The first-order chi connectivity index (χ1) is 13.4. The lowest BCUT2D eigenvalue weighted by molar-refractivity contribution is -0.0172. The number of nitrogens with one attached hydrogen (secondary N) is 2. The topological polar surface area (TPSA) is 58.1 Å². The second-order valence-corrected chi connectivity index (χ2v) is 7.53. The molecule has 1 aliphatic heterocycles. The van der Waals surface area contributed by atoms with Crippen LogP contribution in [-0.4, -0.2) is 55.9 Å². The summed E-state index contributed by atoms with van der Waals surface area (Å²) in [5.74, 6) is 1.27. The molecule has 2 rings (SSSR count). The fraction of sp³-hybridized carbons (Fsp3) is 0.667. The van der Waals surface area contributed by atoms with Gasteiger partial charge in [0, 0.05) is 37.3 Å². The van der Waals surface area contributed by atoms with Crippen molar-refractivity contribution in [1.29, 1.82) is 0 Å². The first-order valence-electron chi connectivity index (χ1n) is 10.2. The Kier molecular flexibility index (Phi) is 11.8. The Balaban J connectivity index is 0.00000420. The number of hydrogen-bond donors (Lipinski definition) is 2. The Morgan fingerprint density at radius 1 is 1.21 bits per heavy atom. The molecule has 0 atom stereocenters. The Labute approximate surface area is 191 Å². The van der Waals surface area contributed by atoms with Gasteiger partial charge in [0.25, 0.3) is 0 Å². The zero-order chi connectivity index (χ0) is 20.5. The molecular weight excluding hydrogens is 486 g/mol. The molecule has 0 amide bonds. The van der Waals surface area contributed by atoms with E-state index in [-0.39, 0.29) is 36.6 Å². The summed E-state index contributed by atoms with van der Waals surface area (Å²) >= 11 is 0. The van der Waals surface area contributed by atoms with Crippen LogP contribution in [0.3, 0.4) is 0 Å². The summed E-state index contributed by atoms with van der Waals surface area (Å²) in [5, 5.41) is 6.61. The van der Waals surface area contributed by atoms with Gasteiger partial charge < -0.3 is 20.1 Å². The van der Waals surface area contributed by atoms with Crippen LogP contribution < -0.4 is 15.4 Å². The number of benzene rings is 1. The van der Waals surface area contributed by atoms with Gasteiger partial charge in [0.15, 0.2) is 12.8 Å². The molecule has 1 heterocycles. The summed E-state index contributed by atoms with van der Waals surface area (Å²) in [5.41, 5.74) is 1.62. The molecule has 0 unspecified atom stereocenters. The summed E-state index contributed by atoms with van der Waals surface area (Å²) in [6, 6.07) is 4.01. The highest BCUT2D eigenvalue weighted by atomic mass is 127. The van der Waals surface area contributed by atoms with Crippen molar-refractivity contribution < 1.29 is 13.9 Å². The van der Waals surface area contributed by atoms with Crippen molar-refractivity contribution in [3.8, 4) is 5.75 Å². The highest BCUT2D eigenvalue weighted by Crippen LogP contribution is 2.29. The molecule has 6 nitrogen and oxygen atoms in total. The lowest BCUT2D eigenvalue weighted by atomic mass is 10.1. The number of fused-ring (bicyclic) bond motifs is 1. The minimum Gasteiger partial charge on any atom is -0.467 e. The van der Waals surface area contributed by atoms with Crippen LogP contribution in [0.1, 0.15) is 45.7 Å². The molecule has 8 heteroatoms. The first kappa shape index (κ1) is 25.9. The smallest absolute Gasteiger partial charge is 0.191 e. The SMILES string of the molecule is CCNC(=NCCN(C(C)C)C(C)C)NCCc1cc(F)cc2c1OCOC2.I. The van der Waals surface area contributed by atoms with Crippen LogP contribution in [0.5, 0.6) is 5.75 Å². The fourth-order valence-electron chi connectivity index (χ4n) is 3.49. The van der Waals surface area contributed by atoms with Crippen LogP contribution in [0.25, 0.3) is 0 Å². The quantitative estimate of drug-likeness (QED) is 0.295. The maximum Gasteiger partial charge on any atom is 0.191 e. The number of guanidine groups is 1. The Bertz CT molecular complexity index is 648. The molecular formula is C21H36FIN4O2. The number of halogens is 2. The molecule has 0 bridgehead atoms. The minimum atomic E-state index is -0.258. The van der Waals surface area contributed by atoms with Gasteiger partial charge >= 0.3 is 0 Å². The van der Waals surface area contributed by atoms with E-state index in [2.05, 4.69) is 48.2 Å². The standard InChI is InChI=1S/C21H35FN4O2.HI/c1-6-23-21(25-9-10-26(15(2)3)16(4)5)24-8-7-17-11-19(22)12-18-13-27-14-28-20(17)18;/h11-12,15-16H,6-10,13-14H2,1-5H3,(H2,23,24,25);1H. The van der Waals surface area contributed by atoms with E-state index in [4.69, 9.17) is 9.47 Å². The molecule has 1 aliphatic rings. The molecule has 1 aromatic rings. The van der Waals surface area contributed by atoms with Gasteiger partial charge in [0.1, 0.15) is 11.6 Å². The second kappa shape index (κ2) is 13.2. The molecule has 29 heavy (non-hydrogen) atoms. The van der Waals surface area contributed by atoms with Gasteiger partial charge in [0.2, 0.25) is 0 Å². The molecule has 0 fully saturated rings. The first-order valence-corrected chi connectivity index (χ1v) is 10.2. The van der Waals surface area contributed by atoms with E-state index in [1.54, 1.807) is 6.07 Å². The minimum absolute atomic E-state index is 0. The monoisotopic (exact) mass is 522 g/mol. The summed E-state index contributed by atoms with van der Waals surface area (Å²) in [6.07, 6.45) is 0.647. The van der Waals surface area contributed by atoms with E-state index in [0.29, 0.717) is 31.7 Å². The van der Waals surface area contributed by atoms with Crippen molar-refractivity contribution in [3.05, 3.63) is 29.1 Å². The molecule has 0 radical (unpaired) electrons. The lowest BCUT2D eigenvalue weighted by Crippen LogP contribution is -2.41. The fourth-order valence-corrected chi connectivity index (χ4v) is 3.49. The summed E-state index contributed by atoms with van der Waals surface area (Å²) in [4.78, 5) is 7.10. The van der Waals surface area contributed by atoms with Crippen molar-refractivity contribution >= 4 is 29.9 Å². The molecule has 0 spiro atoms. The second-order valence-electron chi connectivity index (χ2n) is 7.53. The third-order valence-corrected chi connectivity index (χ3v) is 4.74. The summed E-state index contributed by atoms with van der Waals surface area (Å²) < 4.78 is 24.7. The van der Waals surface area contributed by atoms with Crippen molar-refractivity contribution in [2.45, 2.75) is 59.7 Å². The number of nitrogens with zero attached hydrogens (tertiary/aromatic N) is 2. The average molecular weight is 522 g/mol. The Hall–Kier alpha value is -1.13. The molecule has 2 N–H and O–H groups in total. The van der Waals surface area contributed by atoms with Crippen LogP contribution in [0.15, 0.2) is 17.1 Å². The number of hydrogen-bond acceptors (Lipinski definition) is 4. The summed E-state index contributed by atoms with van der Waals surface area (Å²) in [6.45, 7) is 14.6. The largest absolute Gasteiger partial charge is 0.467 e. The maximum absolute atomic E-state index is 13.9. The molecule has 1 aromatic carbocycles. The van der Waals surface area contributed by atoms with E-state index < -0.39 is 0 Å². The molecule has 0 saturated heterocycles. The van der Waals surface area contributed by atoms with Crippen molar-refractivity contribution in [3.63, 3.8) is 0 Å². The maximum atomic E-state index is 13.9. The zero-order valence-corrected chi connectivity index (χ0v) is 20.6. The van der Waals surface area contributed by atoms with Gasteiger partial charge in [-0.1, -0.05) is 0 Å². The summed E-state index contributed by atoms with van der Waals surface area (Å²) in [7, 11) is 0. The van der Waals surface area contributed by atoms with Gasteiger partial charge in [-0.15, -0.1) is 24.0 Å². The van der Waals surface area contributed by atoms with E-state index in [0.717, 1.165) is 42.5 Å². The van der Waals surface area contributed by atoms with E-state index >= 15 is 0 Å². The third kappa shape index (κ3) is 8.25. The van der Waals surface area contributed by atoms with Crippen LogP contribution >= 0.6 is 24.0 Å². The van der Waals surface area contributed by atoms with Crippen LogP contribution in [0.4, 0.5) is 4.39 Å². The highest BCUT2D eigenvalue weighted by molar-refractivity contribution is 14.0. The van der Waals surface area contributed by atoms with Gasteiger partial charge in [-0.25, -0.2) is 4.39 Å².